The Morgan fingerprint density at radius 3 is 2.90 bits per heavy atom. The Morgan fingerprint density at radius 2 is 2.24 bits per heavy atom. The van der Waals surface area contributed by atoms with Crippen LogP contribution in [0.15, 0.2) is 18.2 Å². The van der Waals surface area contributed by atoms with Crippen molar-refractivity contribution in [1.29, 1.82) is 0 Å². The third-order valence-electron chi connectivity index (χ3n) is 3.60. The predicted octanol–water partition coefficient (Wildman–Crippen LogP) is 2.40. The zero-order valence-electron chi connectivity index (χ0n) is 12.6. The molecule has 116 valence electrons. The first-order chi connectivity index (χ1) is 10.1. The van der Waals surface area contributed by atoms with Gasteiger partial charge < -0.3 is 15.4 Å². The van der Waals surface area contributed by atoms with E-state index in [-0.39, 0.29) is 24.4 Å². The summed E-state index contributed by atoms with van der Waals surface area (Å²) in [4.78, 5) is 11.7. The normalized spacial score (nSPS) is 15.6. The maximum atomic E-state index is 13.4. The highest BCUT2D eigenvalue weighted by atomic mass is 19.1. The van der Waals surface area contributed by atoms with Crippen molar-refractivity contribution in [1.82, 2.24) is 10.6 Å². The highest BCUT2D eigenvalue weighted by Crippen LogP contribution is 2.28. The summed E-state index contributed by atoms with van der Waals surface area (Å²) in [6.07, 6.45) is 2.38. The van der Waals surface area contributed by atoms with E-state index in [2.05, 4.69) is 10.6 Å². The van der Waals surface area contributed by atoms with E-state index in [0.717, 1.165) is 12.1 Å². The minimum atomic E-state index is -0.365. The Labute approximate surface area is 125 Å². The van der Waals surface area contributed by atoms with Crippen LogP contribution >= 0.6 is 0 Å². The summed E-state index contributed by atoms with van der Waals surface area (Å²) in [5.41, 5.74) is 0.855. The summed E-state index contributed by atoms with van der Waals surface area (Å²) < 4.78 is 18.9. The smallest absolute Gasteiger partial charge is 0.257 e. The SMILES string of the molecule is CCNC(C)c1ccc(F)cc1OCC(=O)NCC1CC1. The van der Waals surface area contributed by atoms with Gasteiger partial charge in [0.2, 0.25) is 0 Å². The van der Waals surface area contributed by atoms with Gasteiger partial charge in [-0.1, -0.05) is 13.0 Å². The number of hydrogen-bond acceptors (Lipinski definition) is 3. The molecule has 0 radical (unpaired) electrons. The molecule has 0 heterocycles. The molecule has 1 aliphatic carbocycles. The summed E-state index contributed by atoms with van der Waals surface area (Å²) in [5, 5.41) is 6.08. The van der Waals surface area contributed by atoms with Crippen LogP contribution in [0.3, 0.4) is 0 Å². The molecular formula is C16H23FN2O2. The molecule has 1 aliphatic rings. The lowest BCUT2D eigenvalue weighted by molar-refractivity contribution is -0.123. The lowest BCUT2D eigenvalue weighted by atomic mass is 10.1. The van der Waals surface area contributed by atoms with Crippen molar-refractivity contribution >= 4 is 5.91 Å². The molecule has 0 aromatic heterocycles. The van der Waals surface area contributed by atoms with Crippen LogP contribution < -0.4 is 15.4 Å². The van der Waals surface area contributed by atoms with Gasteiger partial charge in [-0.05, 0) is 38.3 Å². The number of carbonyl (C=O) groups excluding carboxylic acids is 1. The molecular weight excluding hydrogens is 271 g/mol. The van der Waals surface area contributed by atoms with E-state index in [4.69, 9.17) is 4.74 Å². The van der Waals surface area contributed by atoms with Crippen molar-refractivity contribution in [2.75, 3.05) is 19.7 Å². The van der Waals surface area contributed by atoms with Crippen molar-refractivity contribution in [2.45, 2.75) is 32.7 Å². The zero-order valence-corrected chi connectivity index (χ0v) is 12.6. The Bertz CT molecular complexity index is 489. The maximum Gasteiger partial charge on any atom is 0.257 e. The lowest BCUT2D eigenvalue weighted by Crippen LogP contribution is -2.30. The second kappa shape index (κ2) is 7.41. The van der Waals surface area contributed by atoms with Gasteiger partial charge in [0.15, 0.2) is 6.61 Å². The molecule has 1 unspecified atom stereocenters. The van der Waals surface area contributed by atoms with Crippen LogP contribution in [0.4, 0.5) is 4.39 Å². The second-order valence-electron chi connectivity index (χ2n) is 5.50. The predicted molar refractivity (Wildman–Crippen MR) is 79.7 cm³/mol. The Balaban J connectivity index is 1.93. The zero-order chi connectivity index (χ0) is 15.2. The standard InChI is InChI=1S/C16H23FN2O2/c1-3-18-11(2)14-7-6-13(17)8-15(14)21-10-16(20)19-9-12-4-5-12/h6-8,11-12,18H,3-5,9-10H2,1-2H3,(H,19,20). The van der Waals surface area contributed by atoms with E-state index in [9.17, 15) is 9.18 Å². The lowest BCUT2D eigenvalue weighted by Gasteiger charge is -2.17. The van der Waals surface area contributed by atoms with Gasteiger partial charge in [-0.2, -0.15) is 0 Å². The molecule has 2 N–H and O–H groups in total. The van der Waals surface area contributed by atoms with Crippen LogP contribution in [-0.2, 0) is 4.79 Å². The van der Waals surface area contributed by atoms with Gasteiger partial charge in [-0.15, -0.1) is 0 Å². The van der Waals surface area contributed by atoms with Gasteiger partial charge in [0.25, 0.3) is 5.91 Å². The van der Waals surface area contributed by atoms with Crippen molar-refractivity contribution in [3.8, 4) is 5.75 Å². The number of hydrogen-bond donors (Lipinski definition) is 2. The third-order valence-corrected chi connectivity index (χ3v) is 3.60. The van der Waals surface area contributed by atoms with Gasteiger partial charge in [0.1, 0.15) is 11.6 Å². The van der Waals surface area contributed by atoms with Crippen LogP contribution in [0.1, 0.15) is 38.3 Å². The van der Waals surface area contributed by atoms with Crippen LogP contribution in [0.2, 0.25) is 0 Å². The number of rotatable bonds is 8. The minimum Gasteiger partial charge on any atom is -0.483 e. The summed E-state index contributed by atoms with van der Waals surface area (Å²) in [6.45, 7) is 5.43. The summed E-state index contributed by atoms with van der Waals surface area (Å²) in [7, 11) is 0. The number of benzene rings is 1. The number of ether oxygens (including phenoxy) is 1. The number of nitrogens with one attached hydrogen (secondary N) is 2. The first kappa shape index (κ1) is 15.8. The Kier molecular flexibility index (Phi) is 5.56. The van der Waals surface area contributed by atoms with E-state index < -0.39 is 0 Å². The van der Waals surface area contributed by atoms with Crippen molar-refractivity contribution in [3.05, 3.63) is 29.6 Å². The second-order valence-corrected chi connectivity index (χ2v) is 5.50. The fourth-order valence-electron chi connectivity index (χ4n) is 2.18. The summed E-state index contributed by atoms with van der Waals surface area (Å²) in [5.74, 6) is 0.529. The van der Waals surface area contributed by atoms with E-state index >= 15 is 0 Å². The third kappa shape index (κ3) is 5.01. The molecule has 0 bridgehead atoms. The quantitative estimate of drug-likeness (QED) is 0.774. The topological polar surface area (TPSA) is 50.4 Å². The largest absolute Gasteiger partial charge is 0.483 e. The molecule has 0 spiro atoms. The van der Waals surface area contributed by atoms with Crippen LogP contribution in [-0.4, -0.2) is 25.6 Å². The first-order valence-electron chi connectivity index (χ1n) is 7.52. The highest BCUT2D eigenvalue weighted by Gasteiger charge is 2.21. The summed E-state index contributed by atoms with van der Waals surface area (Å²) >= 11 is 0. The van der Waals surface area contributed by atoms with Gasteiger partial charge in [-0.3, -0.25) is 4.79 Å². The molecule has 1 fully saturated rings. The number of halogens is 1. The molecule has 5 heteroatoms. The van der Waals surface area contributed by atoms with Gasteiger partial charge >= 0.3 is 0 Å². The van der Waals surface area contributed by atoms with Crippen LogP contribution in [0.5, 0.6) is 5.75 Å². The fraction of sp³-hybridized carbons (Fsp3) is 0.562. The van der Waals surface area contributed by atoms with E-state index in [1.54, 1.807) is 6.07 Å². The van der Waals surface area contributed by atoms with Gasteiger partial charge in [0.05, 0.1) is 0 Å². The average Bonchev–Trinajstić information content (AvgIpc) is 3.27. The maximum absolute atomic E-state index is 13.4. The monoisotopic (exact) mass is 294 g/mol. The fourth-order valence-corrected chi connectivity index (χ4v) is 2.18. The van der Waals surface area contributed by atoms with E-state index in [1.165, 1.54) is 25.0 Å². The molecule has 4 nitrogen and oxygen atoms in total. The molecule has 1 aromatic rings. The molecule has 0 saturated heterocycles. The molecule has 2 rings (SSSR count). The van der Waals surface area contributed by atoms with Gasteiger partial charge in [-0.25, -0.2) is 4.39 Å². The van der Waals surface area contributed by atoms with Crippen molar-refractivity contribution in [3.63, 3.8) is 0 Å². The highest BCUT2D eigenvalue weighted by molar-refractivity contribution is 5.77. The van der Waals surface area contributed by atoms with Gasteiger partial charge in [0, 0.05) is 24.2 Å². The van der Waals surface area contributed by atoms with Crippen LogP contribution in [0, 0.1) is 11.7 Å². The van der Waals surface area contributed by atoms with E-state index in [1.807, 2.05) is 13.8 Å². The molecule has 1 amide bonds. The molecule has 0 aliphatic heterocycles. The average molecular weight is 294 g/mol. The van der Waals surface area contributed by atoms with Crippen molar-refractivity contribution in [2.24, 2.45) is 5.92 Å². The molecule has 1 atom stereocenters. The Morgan fingerprint density at radius 1 is 1.48 bits per heavy atom. The molecule has 21 heavy (non-hydrogen) atoms. The Hall–Kier alpha value is -1.62. The minimum absolute atomic E-state index is 0.0418. The van der Waals surface area contributed by atoms with Crippen molar-refractivity contribution < 1.29 is 13.9 Å². The number of carbonyl (C=O) groups is 1. The molecule has 1 aromatic carbocycles. The number of amides is 1. The summed E-state index contributed by atoms with van der Waals surface area (Å²) in [6, 6.07) is 4.47. The first-order valence-corrected chi connectivity index (χ1v) is 7.52. The van der Waals surface area contributed by atoms with E-state index in [0.29, 0.717) is 18.2 Å². The molecule has 1 saturated carbocycles. The van der Waals surface area contributed by atoms with Crippen LogP contribution in [0.25, 0.3) is 0 Å².